The van der Waals surface area contributed by atoms with E-state index in [4.69, 9.17) is 4.74 Å². The molecular weight excluding hydrogens is 238 g/mol. The van der Waals surface area contributed by atoms with Crippen LogP contribution in [-0.2, 0) is 4.79 Å². The fourth-order valence-electron chi connectivity index (χ4n) is 2.78. The number of ether oxygens (including phenoxy) is 1. The third-order valence-electron chi connectivity index (χ3n) is 3.88. The number of benzene rings is 1. The Morgan fingerprint density at radius 2 is 1.89 bits per heavy atom. The average Bonchev–Trinajstić information content (AvgIpc) is 2.46. The zero-order valence-electron chi connectivity index (χ0n) is 12.1. The van der Waals surface area contributed by atoms with Gasteiger partial charge in [-0.1, -0.05) is 32.0 Å². The molecule has 0 atom stereocenters. The largest absolute Gasteiger partial charge is 0.496 e. The van der Waals surface area contributed by atoms with E-state index in [1.807, 2.05) is 30.9 Å². The first-order valence-electron chi connectivity index (χ1n) is 7.05. The van der Waals surface area contributed by atoms with Crippen LogP contribution < -0.4 is 4.74 Å². The van der Waals surface area contributed by atoms with Crippen molar-refractivity contribution in [2.45, 2.75) is 32.6 Å². The van der Waals surface area contributed by atoms with Gasteiger partial charge in [0, 0.05) is 19.0 Å². The molecule has 0 N–H and O–H groups in total. The van der Waals surface area contributed by atoms with E-state index in [-0.39, 0.29) is 11.8 Å². The van der Waals surface area contributed by atoms with E-state index in [9.17, 15) is 4.79 Å². The Bertz CT molecular complexity index is 434. The molecule has 0 saturated carbocycles. The third kappa shape index (κ3) is 3.09. The highest BCUT2D eigenvalue weighted by molar-refractivity contribution is 5.78. The maximum Gasteiger partial charge on any atom is 0.225 e. The summed E-state index contributed by atoms with van der Waals surface area (Å²) in [4.78, 5) is 14.0. The van der Waals surface area contributed by atoms with Gasteiger partial charge in [0.1, 0.15) is 5.75 Å². The van der Waals surface area contributed by atoms with Crippen molar-refractivity contribution in [2.75, 3.05) is 20.2 Å². The van der Waals surface area contributed by atoms with Crippen molar-refractivity contribution in [1.82, 2.24) is 4.90 Å². The maximum atomic E-state index is 12.0. The number of methoxy groups -OCH3 is 1. The van der Waals surface area contributed by atoms with Gasteiger partial charge in [-0.25, -0.2) is 0 Å². The summed E-state index contributed by atoms with van der Waals surface area (Å²) in [5, 5.41) is 0. The Labute approximate surface area is 115 Å². The number of hydrogen-bond donors (Lipinski definition) is 0. The SMILES string of the molecule is COc1ccccc1C1CCN(C(=O)C(C)C)CC1. The van der Waals surface area contributed by atoms with E-state index in [0.29, 0.717) is 5.92 Å². The van der Waals surface area contributed by atoms with Gasteiger partial charge >= 0.3 is 0 Å². The van der Waals surface area contributed by atoms with Crippen molar-refractivity contribution in [1.29, 1.82) is 0 Å². The molecule has 104 valence electrons. The zero-order chi connectivity index (χ0) is 13.8. The Morgan fingerprint density at radius 3 is 2.47 bits per heavy atom. The zero-order valence-corrected chi connectivity index (χ0v) is 12.1. The van der Waals surface area contributed by atoms with Gasteiger partial charge in [0.25, 0.3) is 0 Å². The summed E-state index contributed by atoms with van der Waals surface area (Å²) in [5.41, 5.74) is 1.28. The maximum absolute atomic E-state index is 12.0. The number of rotatable bonds is 3. The lowest BCUT2D eigenvalue weighted by molar-refractivity contribution is -0.135. The van der Waals surface area contributed by atoms with Gasteiger partial charge in [0.05, 0.1) is 7.11 Å². The van der Waals surface area contributed by atoms with Crippen molar-refractivity contribution >= 4 is 5.91 Å². The smallest absolute Gasteiger partial charge is 0.225 e. The standard InChI is InChI=1S/C16H23NO2/c1-12(2)16(18)17-10-8-13(9-11-17)14-6-4-5-7-15(14)19-3/h4-7,12-13H,8-11H2,1-3H3. The molecule has 1 aliphatic heterocycles. The molecule has 1 aromatic rings. The molecule has 0 aromatic heterocycles. The molecule has 2 rings (SSSR count). The van der Waals surface area contributed by atoms with Crippen molar-refractivity contribution in [3.05, 3.63) is 29.8 Å². The molecular formula is C16H23NO2. The van der Waals surface area contributed by atoms with Crippen molar-refractivity contribution in [3.8, 4) is 5.75 Å². The molecule has 1 fully saturated rings. The van der Waals surface area contributed by atoms with Crippen LogP contribution in [0.4, 0.5) is 0 Å². The number of nitrogens with zero attached hydrogens (tertiary/aromatic N) is 1. The molecule has 19 heavy (non-hydrogen) atoms. The molecule has 0 bridgehead atoms. The Morgan fingerprint density at radius 1 is 1.26 bits per heavy atom. The number of carbonyl (C=O) groups excluding carboxylic acids is 1. The molecule has 3 heteroatoms. The summed E-state index contributed by atoms with van der Waals surface area (Å²) < 4.78 is 5.43. The van der Waals surface area contributed by atoms with Crippen LogP contribution in [0.5, 0.6) is 5.75 Å². The normalized spacial score (nSPS) is 16.7. The van der Waals surface area contributed by atoms with Crippen LogP contribution in [0, 0.1) is 5.92 Å². The number of carbonyl (C=O) groups is 1. The lowest BCUT2D eigenvalue weighted by Crippen LogP contribution is -2.40. The number of para-hydroxylation sites is 1. The number of piperidine rings is 1. The lowest BCUT2D eigenvalue weighted by atomic mass is 9.88. The second-order valence-electron chi connectivity index (χ2n) is 5.50. The van der Waals surface area contributed by atoms with E-state index in [1.165, 1.54) is 5.56 Å². The van der Waals surface area contributed by atoms with E-state index in [2.05, 4.69) is 12.1 Å². The summed E-state index contributed by atoms with van der Waals surface area (Å²) in [6, 6.07) is 8.22. The lowest BCUT2D eigenvalue weighted by Gasteiger charge is -2.33. The van der Waals surface area contributed by atoms with Gasteiger partial charge in [-0.05, 0) is 30.4 Å². The third-order valence-corrected chi connectivity index (χ3v) is 3.88. The minimum absolute atomic E-state index is 0.0998. The first-order chi connectivity index (χ1) is 9.13. The fourth-order valence-corrected chi connectivity index (χ4v) is 2.78. The molecule has 0 unspecified atom stereocenters. The van der Waals surface area contributed by atoms with Crippen LogP contribution in [0.1, 0.15) is 38.2 Å². The van der Waals surface area contributed by atoms with Gasteiger partial charge < -0.3 is 9.64 Å². The van der Waals surface area contributed by atoms with Gasteiger partial charge in [-0.15, -0.1) is 0 Å². The van der Waals surface area contributed by atoms with Gasteiger partial charge in [-0.3, -0.25) is 4.79 Å². The summed E-state index contributed by atoms with van der Waals surface area (Å²) in [7, 11) is 1.72. The number of hydrogen-bond acceptors (Lipinski definition) is 2. The van der Waals surface area contributed by atoms with Crippen LogP contribution in [-0.4, -0.2) is 31.0 Å². The number of amides is 1. The van der Waals surface area contributed by atoms with E-state index in [0.717, 1.165) is 31.7 Å². The van der Waals surface area contributed by atoms with Crippen LogP contribution in [0.2, 0.25) is 0 Å². The molecule has 1 saturated heterocycles. The second-order valence-corrected chi connectivity index (χ2v) is 5.50. The quantitative estimate of drug-likeness (QED) is 0.837. The van der Waals surface area contributed by atoms with Gasteiger partial charge in [0.15, 0.2) is 0 Å². The highest BCUT2D eigenvalue weighted by Gasteiger charge is 2.26. The molecule has 3 nitrogen and oxygen atoms in total. The topological polar surface area (TPSA) is 29.5 Å². The summed E-state index contributed by atoms with van der Waals surface area (Å²) in [6.45, 7) is 5.66. The van der Waals surface area contributed by atoms with Crippen molar-refractivity contribution in [3.63, 3.8) is 0 Å². The van der Waals surface area contributed by atoms with E-state index in [1.54, 1.807) is 7.11 Å². The first-order valence-corrected chi connectivity index (χ1v) is 7.05. The Kier molecular flexibility index (Phi) is 4.46. The molecule has 0 aliphatic carbocycles. The van der Waals surface area contributed by atoms with E-state index >= 15 is 0 Å². The van der Waals surface area contributed by atoms with Crippen LogP contribution in [0.25, 0.3) is 0 Å². The van der Waals surface area contributed by atoms with Crippen LogP contribution >= 0.6 is 0 Å². The van der Waals surface area contributed by atoms with E-state index < -0.39 is 0 Å². The fraction of sp³-hybridized carbons (Fsp3) is 0.562. The summed E-state index contributed by atoms with van der Waals surface area (Å²) in [5.74, 6) is 1.85. The minimum atomic E-state index is 0.0998. The monoisotopic (exact) mass is 261 g/mol. The molecule has 1 aromatic carbocycles. The molecule has 1 amide bonds. The van der Waals surface area contributed by atoms with Gasteiger partial charge in [0.2, 0.25) is 5.91 Å². The predicted molar refractivity (Wildman–Crippen MR) is 76.4 cm³/mol. The molecule has 0 radical (unpaired) electrons. The highest BCUT2D eigenvalue weighted by atomic mass is 16.5. The molecule has 1 aliphatic rings. The van der Waals surface area contributed by atoms with Crippen molar-refractivity contribution in [2.24, 2.45) is 5.92 Å². The average molecular weight is 261 g/mol. The highest BCUT2D eigenvalue weighted by Crippen LogP contribution is 2.34. The first kappa shape index (κ1) is 13.9. The molecule has 1 heterocycles. The summed E-state index contributed by atoms with van der Waals surface area (Å²) in [6.07, 6.45) is 2.05. The predicted octanol–water partition coefficient (Wildman–Crippen LogP) is 3.06. The van der Waals surface area contributed by atoms with Gasteiger partial charge in [-0.2, -0.15) is 0 Å². The Hall–Kier alpha value is -1.51. The van der Waals surface area contributed by atoms with Crippen molar-refractivity contribution < 1.29 is 9.53 Å². The summed E-state index contributed by atoms with van der Waals surface area (Å²) >= 11 is 0. The molecule has 0 spiro atoms. The number of likely N-dealkylation sites (tertiary alicyclic amines) is 1. The minimum Gasteiger partial charge on any atom is -0.496 e. The second kappa shape index (κ2) is 6.09. The van der Waals surface area contributed by atoms with Crippen LogP contribution in [0.3, 0.4) is 0 Å². The Balaban J connectivity index is 2.02. The van der Waals surface area contributed by atoms with Crippen LogP contribution in [0.15, 0.2) is 24.3 Å².